The topological polar surface area (TPSA) is 49.8 Å². The van der Waals surface area contributed by atoms with Crippen molar-refractivity contribution in [3.8, 4) is 5.75 Å². The Bertz CT molecular complexity index is 752. The molecule has 2 aliphatic carbocycles. The van der Waals surface area contributed by atoms with E-state index < -0.39 is 0 Å². The summed E-state index contributed by atoms with van der Waals surface area (Å²) >= 11 is 0. The summed E-state index contributed by atoms with van der Waals surface area (Å²) in [5, 5.41) is 9.59. The number of carbonyl (C=O) groups is 1. The summed E-state index contributed by atoms with van der Waals surface area (Å²) in [5.41, 5.74) is 3.44. The molecule has 0 saturated carbocycles. The van der Waals surface area contributed by atoms with Gasteiger partial charge in [-0.2, -0.15) is 0 Å². The third-order valence-electron chi connectivity index (χ3n) is 4.65. The zero-order chi connectivity index (χ0) is 15.8. The molecule has 1 heterocycles. The minimum absolute atomic E-state index is 0.0698. The van der Waals surface area contributed by atoms with E-state index in [1.54, 1.807) is 18.2 Å². The molecular formula is C19H19NO3. The quantitative estimate of drug-likeness (QED) is 0.929. The third kappa shape index (κ3) is 2.59. The smallest absolute Gasteiger partial charge is 0.228 e. The Morgan fingerprint density at radius 1 is 1.13 bits per heavy atom. The summed E-state index contributed by atoms with van der Waals surface area (Å²) in [6, 6.07) is 5.18. The van der Waals surface area contributed by atoms with Crippen LogP contribution in [0.25, 0.3) is 11.6 Å². The molecule has 1 aromatic carbocycles. The number of rotatable bonds is 4. The summed E-state index contributed by atoms with van der Waals surface area (Å²) in [4.78, 5) is 15.0. The molecule has 0 aromatic heterocycles. The molecule has 0 bridgehead atoms. The van der Waals surface area contributed by atoms with E-state index in [-0.39, 0.29) is 11.5 Å². The van der Waals surface area contributed by atoms with Crippen molar-refractivity contribution in [3.63, 3.8) is 0 Å². The van der Waals surface area contributed by atoms with Crippen molar-refractivity contribution < 1.29 is 14.6 Å². The highest BCUT2D eigenvalue weighted by atomic mass is 16.5. The number of ketones is 1. The molecule has 0 unspecified atom stereocenters. The van der Waals surface area contributed by atoms with Gasteiger partial charge in [0.2, 0.25) is 5.78 Å². The van der Waals surface area contributed by atoms with Crippen LogP contribution >= 0.6 is 0 Å². The van der Waals surface area contributed by atoms with Gasteiger partial charge in [0.1, 0.15) is 12.4 Å². The highest BCUT2D eigenvalue weighted by Crippen LogP contribution is 2.40. The molecule has 1 aromatic rings. The van der Waals surface area contributed by atoms with Crippen LogP contribution in [0, 0.1) is 0 Å². The predicted molar refractivity (Wildman–Crippen MR) is 88.8 cm³/mol. The zero-order valence-corrected chi connectivity index (χ0v) is 12.9. The Morgan fingerprint density at radius 3 is 2.78 bits per heavy atom. The number of likely N-dealkylation sites (tertiary alicyclic amines) is 1. The number of hydrogen-bond acceptors (Lipinski definition) is 4. The molecule has 4 heteroatoms. The molecule has 4 nitrogen and oxygen atoms in total. The lowest BCUT2D eigenvalue weighted by atomic mass is 9.95. The largest absolute Gasteiger partial charge is 0.508 e. The molecule has 3 aliphatic rings. The molecule has 1 saturated heterocycles. The fraction of sp³-hybridized carbons (Fsp3) is 0.316. The van der Waals surface area contributed by atoms with Crippen molar-refractivity contribution in [3.05, 3.63) is 52.8 Å². The number of Topliss-reactive ketones (excluding diaryl/α,β-unsaturated/α-hetero) is 1. The van der Waals surface area contributed by atoms with Crippen molar-refractivity contribution in [1.82, 2.24) is 4.90 Å². The normalized spacial score (nSPS) is 19.8. The van der Waals surface area contributed by atoms with Crippen LogP contribution < -0.4 is 0 Å². The standard InChI is InChI=1S/C19H19NO3/c21-14-3-4-15-13(11-14)12-17-16(15)5-6-18(19(17)22)23-10-9-20-7-1-2-8-20/h3-6,11-12,21H,1-2,7-10H2. The van der Waals surface area contributed by atoms with Crippen LogP contribution in [-0.2, 0) is 9.53 Å². The monoisotopic (exact) mass is 309 g/mol. The SMILES string of the molecule is O=C1C(OCCN2CCCC2)=CC=C2C1=Cc1cc(O)ccc12. The minimum atomic E-state index is -0.0698. The molecule has 118 valence electrons. The molecule has 0 spiro atoms. The van der Waals surface area contributed by atoms with Gasteiger partial charge in [0.15, 0.2) is 5.76 Å². The van der Waals surface area contributed by atoms with Crippen molar-refractivity contribution in [1.29, 1.82) is 0 Å². The molecule has 4 rings (SSSR count). The van der Waals surface area contributed by atoms with Gasteiger partial charge in [-0.15, -0.1) is 0 Å². The van der Waals surface area contributed by atoms with Gasteiger partial charge in [0.05, 0.1) is 0 Å². The fourth-order valence-electron chi connectivity index (χ4n) is 3.43. The first kappa shape index (κ1) is 14.3. The summed E-state index contributed by atoms with van der Waals surface area (Å²) in [6.45, 7) is 3.67. The van der Waals surface area contributed by atoms with E-state index in [1.807, 2.05) is 18.2 Å². The van der Waals surface area contributed by atoms with Gasteiger partial charge in [-0.25, -0.2) is 0 Å². The van der Waals surface area contributed by atoms with Crippen LogP contribution in [0.1, 0.15) is 24.0 Å². The van der Waals surface area contributed by atoms with Gasteiger partial charge in [-0.05, 0) is 73.0 Å². The number of benzene rings is 1. The number of hydrogen-bond donors (Lipinski definition) is 1. The van der Waals surface area contributed by atoms with Crippen molar-refractivity contribution in [2.24, 2.45) is 0 Å². The maximum Gasteiger partial charge on any atom is 0.228 e. The highest BCUT2D eigenvalue weighted by Gasteiger charge is 2.29. The Kier molecular flexibility index (Phi) is 3.54. The van der Waals surface area contributed by atoms with Gasteiger partial charge < -0.3 is 9.84 Å². The summed E-state index contributed by atoms with van der Waals surface area (Å²) in [6.07, 6.45) is 8.04. The Labute approximate surface area is 135 Å². The molecule has 0 amide bonds. The fourth-order valence-corrected chi connectivity index (χ4v) is 3.43. The van der Waals surface area contributed by atoms with Crippen LogP contribution in [0.2, 0.25) is 0 Å². The van der Waals surface area contributed by atoms with Crippen molar-refractivity contribution in [2.75, 3.05) is 26.2 Å². The Morgan fingerprint density at radius 2 is 1.96 bits per heavy atom. The lowest BCUT2D eigenvalue weighted by molar-refractivity contribution is -0.115. The van der Waals surface area contributed by atoms with Crippen LogP contribution in [0.4, 0.5) is 0 Å². The lowest BCUT2D eigenvalue weighted by Crippen LogP contribution is -2.25. The van der Waals surface area contributed by atoms with Gasteiger partial charge >= 0.3 is 0 Å². The number of aromatic hydroxyl groups is 1. The molecule has 0 radical (unpaired) electrons. The molecular weight excluding hydrogens is 290 g/mol. The zero-order valence-electron chi connectivity index (χ0n) is 12.9. The van der Waals surface area contributed by atoms with Crippen LogP contribution in [0.5, 0.6) is 5.75 Å². The van der Waals surface area contributed by atoms with E-state index >= 15 is 0 Å². The number of ether oxygens (including phenoxy) is 1. The Hall–Kier alpha value is -2.33. The van der Waals surface area contributed by atoms with E-state index in [0.717, 1.165) is 36.3 Å². The van der Waals surface area contributed by atoms with Crippen LogP contribution in [0.3, 0.4) is 0 Å². The van der Waals surface area contributed by atoms with Crippen LogP contribution in [0.15, 0.2) is 41.7 Å². The second-order valence-electron chi connectivity index (χ2n) is 6.17. The summed E-state index contributed by atoms with van der Waals surface area (Å²) in [5.74, 6) is 0.554. The minimum Gasteiger partial charge on any atom is -0.508 e. The predicted octanol–water partition coefficient (Wildman–Crippen LogP) is 2.75. The summed E-state index contributed by atoms with van der Waals surface area (Å²) < 4.78 is 5.72. The van der Waals surface area contributed by atoms with E-state index in [2.05, 4.69) is 4.90 Å². The van der Waals surface area contributed by atoms with Crippen LogP contribution in [-0.4, -0.2) is 42.0 Å². The second kappa shape index (κ2) is 5.70. The van der Waals surface area contributed by atoms with E-state index in [1.165, 1.54) is 12.8 Å². The Balaban J connectivity index is 1.48. The average molecular weight is 309 g/mol. The molecule has 1 N–H and O–H groups in total. The number of nitrogens with zero attached hydrogens (tertiary/aromatic N) is 1. The highest BCUT2D eigenvalue weighted by molar-refractivity contribution is 6.25. The van der Waals surface area contributed by atoms with E-state index in [4.69, 9.17) is 4.74 Å². The number of phenolic OH excluding ortho intramolecular Hbond substituents is 1. The second-order valence-corrected chi connectivity index (χ2v) is 6.17. The maximum absolute atomic E-state index is 12.6. The first-order valence-corrected chi connectivity index (χ1v) is 8.10. The first-order valence-electron chi connectivity index (χ1n) is 8.10. The van der Waals surface area contributed by atoms with Crippen molar-refractivity contribution in [2.45, 2.75) is 12.8 Å². The first-order chi connectivity index (χ1) is 11.2. The van der Waals surface area contributed by atoms with Gasteiger partial charge in [-0.3, -0.25) is 9.69 Å². The van der Waals surface area contributed by atoms with Gasteiger partial charge in [0.25, 0.3) is 0 Å². The van der Waals surface area contributed by atoms with E-state index in [9.17, 15) is 9.90 Å². The maximum atomic E-state index is 12.6. The third-order valence-corrected chi connectivity index (χ3v) is 4.65. The number of phenols is 1. The van der Waals surface area contributed by atoms with Crippen molar-refractivity contribution >= 4 is 17.4 Å². The molecule has 1 fully saturated rings. The number of fused-ring (bicyclic) bond motifs is 3. The average Bonchev–Trinajstić information content (AvgIpc) is 3.17. The summed E-state index contributed by atoms with van der Waals surface area (Å²) in [7, 11) is 0. The number of allylic oxidation sites excluding steroid dienone is 4. The molecule has 23 heavy (non-hydrogen) atoms. The van der Waals surface area contributed by atoms with Gasteiger partial charge in [0, 0.05) is 12.1 Å². The van der Waals surface area contributed by atoms with Gasteiger partial charge in [-0.1, -0.05) is 6.07 Å². The molecule has 0 atom stereocenters. The molecule has 1 aliphatic heterocycles. The lowest BCUT2D eigenvalue weighted by Gasteiger charge is -2.18. The number of carbonyl (C=O) groups excluding carboxylic acids is 1. The van der Waals surface area contributed by atoms with E-state index in [0.29, 0.717) is 17.9 Å².